The van der Waals surface area contributed by atoms with Crippen LogP contribution < -0.4 is 0 Å². The molecule has 2 heterocycles. The van der Waals surface area contributed by atoms with Gasteiger partial charge < -0.3 is 0 Å². The maximum atomic E-state index is 5.79. The zero-order chi connectivity index (χ0) is 8.55. The molecule has 0 radical (unpaired) electrons. The first-order valence-electron chi connectivity index (χ1n) is 3.00. The van der Waals surface area contributed by atoms with Gasteiger partial charge in [0.2, 0.25) is 0 Å². The Morgan fingerprint density at radius 2 is 2.08 bits per heavy atom. The molecule has 0 saturated heterocycles. The van der Waals surface area contributed by atoms with Crippen LogP contribution in [0, 0.1) is 3.01 Å². The Labute approximate surface area is 95.7 Å². The van der Waals surface area contributed by atoms with E-state index in [2.05, 4.69) is 32.8 Å². The minimum absolute atomic E-state index is 0.787. The molecule has 2 aromatic heterocycles. The topological polar surface area (TPSA) is 25.8 Å². The van der Waals surface area contributed by atoms with E-state index in [1.165, 1.54) is 11.3 Å². The second-order valence-electron chi connectivity index (χ2n) is 1.96. The molecule has 0 N–H and O–H groups in total. The third-order valence-electron chi connectivity index (χ3n) is 1.18. The van der Waals surface area contributed by atoms with E-state index in [-0.39, 0.29) is 0 Å². The molecule has 0 bridgehead atoms. The summed E-state index contributed by atoms with van der Waals surface area (Å²) >= 11 is 11.0. The quantitative estimate of drug-likeness (QED) is 0.749. The smallest absolute Gasteiger partial charge is 0.137 e. The van der Waals surface area contributed by atoms with Gasteiger partial charge in [-0.1, -0.05) is 22.9 Å². The molecule has 12 heavy (non-hydrogen) atoms. The molecule has 2 nitrogen and oxygen atoms in total. The average molecular weight is 329 g/mol. The summed E-state index contributed by atoms with van der Waals surface area (Å²) in [4.78, 5) is 1.08. The van der Waals surface area contributed by atoms with Gasteiger partial charge in [-0.15, -0.1) is 21.5 Å². The van der Waals surface area contributed by atoms with Crippen LogP contribution in [-0.4, -0.2) is 10.2 Å². The van der Waals surface area contributed by atoms with Gasteiger partial charge in [0.1, 0.15) is 0 Å². The monoisotopic (exact) mass is 328 g/mol. The van der Waals surface area contributed by atoms with E-state index in [0.29, 0.717) is 0 Å². The van der Waals surface area contributed by atoms with Gasteiger partial charge >= 0.3 is 0 Å². The summed E-state index contributed by atoms with van der Waals surface area (Å²) in [6, 6.07) is 3.83. The standard InChI is InChI=1S/C6H2ClIN2S2/c7-4-2-1-3(11-4)5-9-10-6(8)12-5/h1-2H. The number of rotatable bonds is 1. The van der Waals surface area contributed by atoms with Crippen molar-refractivity contribution in [3.8, 4) is 9.88 Å². The highest BCUT2D eigenvalue weighted by atomic mass is 127. The van der Waals surface area contributed by atoms with Crippen molar-refractivity contribution in [2.24, 2.45) is 0 Å². The SMILES string of the molecule is Clc1ccc(-c2nnc(I)s2)s1. The molecular weight excluding hydrogens is 327 g/mol. The van der Waals surface area contributed by atoms with E-state index < -0.39 is 0 Å². The minimum atomic E-state index is 0.787. The molecule has 0 atom stereocenters. The predicted octanol–water partition coefficient (Wildman–Crippen LogP) is 3.52. The van der Waals surface area contributed by atoms with Crippen LogP contribution in [0.2, 0.25) is 4.34 Å². The van der Waals surface area contributed by atoms with Gasteiger partial charge in [-0.25, -0.2) is 0 Å². The van der Waals surface area contributed by atoms with Crippen LogP contribution in [0.25, 0.3) is 9.88 Å². The number of hydrogen-bond acceptors (Lipinski definition) is 4. The number of thiophene rings is 1. The molecule has 0 amide bonds. The number of nitrogens with zero attached hydrogens (tertiary/aromatic N) is 2. The van der Waals surface area contributed by atoms with E-state index in [4.69, 9.17) is 11.6 Å². The molecule has 6 heteroatoms. The summed E-state index contributed by atoms with van der Waals surface area (Å²) in [6.45, 7) is 0. The summed E-state index contributed by atoms with van der Waals surface area (Å²) in [5.74, 6) is 0. The molecule has 0 spiro atoms. The average Bonchev–Trinajstić information content (AvgIpc) is 2.58. The van der Waals surface area contributed by atoms with Gasteiger partial charge in [0.15, 0.2) is 8.02 Å². The van der Waals surface area contributed by atoms with Gasteiger partial charge in [-0.2, -0.15) is 0 Å². The van der Waals surface area contributed by atoms with Gasteiger partial charge in [0, 0.05) is 0 Å². The highest BCUT2D eigenvalue weighted by Gasteiger charge is 2.06. The fraction of sp³-hybridized carbons (Fsp3) is 0. The van der Waals surface area contributed by atoms with Gasteiger partial charge in [0.05, 0.1) is 9.21 Å². The van der Waals surface area contributed by atoms with Crippen LogP contribution in [0.3, 0.4) is 0 Å². The molecule has 0 aromatic carbocycles. The van der Waals surface area contributed by atoms with Crippen molar-refractivity contribution in [2.75, 3.05) is 0 Å². The number of aromatic nitrogens is 2. The zero-order valence-electron chi connectivity index (χ0n) is 5.62. The van der Waals surface area contributed by atoms with Gasteiger partial charge in [0.25, 0.3) is 0 Å². The lowest BCUT2D eigenvalue weighted by molar-refractivity contribution is 1.08. The maximum Gasteiger partial charge on any atom is 0.178 e. The molecule has 0 aliphatic carbocycles. The number of halogens is 2. The van der Waals surface area contributed by atoms with Crippen LogP contribution >= 0.6 is 56.9 Å². The summed E-state index contributed by atoms with van der Waals surface area (Å²) in [5, 5.41) is 8.87. The second kappa shape index (κ2) is 3.57. The Bertz CT molecular complexity index is 359. The van der Waals surface area contributed by atoms with Crippen LogP contribution in [-0.2, 0) is 0 Å². The lowest BCUT2D eigenvalue weighted by Crippen LogP contribution is -1.69. The van der Waals surface area contributed by atoms with Crippen LogP contribution in [0.4, 0.5) is 0 Å². The van der Waals surface area contributed by atoms with Crippen molar-refractivity contribution < 1.29 is 0 Å². The molecule has 2 rings (SSSR count). The van der Waals surface area contributed by atoms with E-state index in [0.717, 1.165) is 17.2 Å². The summed E-state index contributed by atoms with van der Waals surface area (Å²) in [5.41, 5.74) is 0. The lowest BCUT2D eigenvalue weighted by Gasteiger charge is -1.82. The van der Waals surface area contributed by atoms with Crippen molar-refractivity contribution in [1.82, 2.24) is 10.2 Å². The molecule has 0 aliphatic heterocycles. The largest absolute Gasteiger partial charge is 0.178 e. The van der Waals surface area contributed by atoms with Crippen molar-refractivity contribution >= 4 is 56.9 Å². The molecule has 0 saturated carbocycles. The second-order valence-corrected chi connectivity index (χ2v) is 6.41. The third-order valence-corrected chi connectivity index (χ3v) is 4.17. The third kappa shape index (κ3) is 1.78. The van der Waals surface area contributed by atoms with Crippen molar-refractivity contribution in [1.29, 1.82) is 0 Å². The maximum absolute atomic E-state index is 5.79. The van der Waals surface area contributed by atoms with E-state index in [1.807, 2.05) is 12.1 Å². The van der Waals surface area contributed by atoms with Crippen molar-refractivity contribution in [3.05, 3.63) is 19.5 Å². The van der Waals surface area contributed by atoms with Crippen molar-refractivity contribution in [3.63, 3.8) is 0 Å². The van der Waals surface area contributed by atoms with Gasteiger partial charge in [-0.05, 0) is 34.7 Å². The number of hydrogen-bond donors (Lipinski definition) is 0. The van der Waals surface area contributed by atoms with Crippen LogP contribution in [0.5, 0.6) is 0 Å². The molecule has 0 aliphatic rings. The summed E-state index contributed by atoms with van der Waals surface area (Å²) in [6.07, 6.45) is 0. The van der Waals surface area contributed by atoms with Crippen molar-refractivity contribution in [2.45, 2.75) is 0 Å². The first-order chi connectivity index (χ1) is 5.75. The van der Waals surface area contributed by atoms with Crippen LogP contribution in [0.1, 0.15) is 0 Å². The Kier molecular flexibility index (Phi) is 2.63. The molecule has 0 fully saturated rings. The van der Waals surface area contributed by atoms with Crippen LogP contribution in [0.15, 0.2) is 12.1 Å². The fourth-order valence-corrected chi connectivity index (χ4v) is 3.13. The van der Waals surface area contributed by atoms with E-state index in [1.54, 1.807) is 11.3 Å². The minimum Gasteiger partial charge on any atom is -0.137 e. The Morgan fingerprint density at radius 1 is 1.25 bits per heavy atom. The summed E-state index contributed by atoms with van der Waals surface area (Å²) in [7, 11) is 0. The predicted molar refractivity (Wildman–Crippen MR) is 60.9 cm³/mol. The molecule has 62 valence electrons. The molecular formula is C6H2ClIN2S2. The Balaban J connectivity index is 2.43. The Hall–Kier alpha value is 0.280. The van der Waals surface area contributed by atoms with E-state index >= 15 is 0 Å². The lowest BCUT2D eigenvalue weighted by atomic mass is 10.5. The first kappa shape index (κ1) is 8.86. The summed E-state index contributed by atoms with van der Waals surface area (Å²) < 4.78 is 1.74. The fourth-order valence-electron chi connectivity index (χ4n) is 0.734. The Morgan fingerprint density at radius 3 is 2.58 bits per heavy atom. The highest BCUT2D eigenvalue weighted by Crippen LogP contribution is 2.32. The van der Waals surface area contributed by atoms with Gasteiger partial charge in [-0.3, -0.25) is 0 Å². The normalized spacial score (nSPS) is 10.5. The zero-order valence-corrected chi connectivity index (χ0v) is 10.2. The molecule has 2 aromatic rings. The molecule has 0 unspecified atom stereocenters. The van der Waals surface area contributed by atoms with E-state index in [9.17, 15) is 0 Å². The highest BCUT2D eigenvalue weighted by molar-refractivity contribution is 14.1. The first-order valence-corrected chi connectivity index (χ1v) is 6.09.